The van der Waals surface area contributed by atoms with Crippen LogP contribution >= 0.6 is 0 Å². The molecule has 0 aliphatic heterocycles. The third kappa shape index (κ3) is 19.1. The fourth-order valence-corrected chi connectivity index (χ4v) is 4.52. The molecule has 2 atom stereocenters. The number of unbranched alkanes of at least 4 members (excludes halogenated alkanes) is 1. The normalized spacial score (nSPS) is 15.8. The highest BCUT2D eigenvalue weighted by molar-refractivity contribution is 5.87. The van der Waals surface area contributed by atoms with Crippen molar-refractivity contribution in [2.45, 2.75) is 148 Å². The van der Waals surface area contributed by atoms with Gasteiger partial charge in [-0.3, -0.25) is 4.79 Å². The van der Waals surface area contributed by atoms with Crippen LogP contribution in [0, 0.1) is 0 Å². The quantitative estimate of drug-likeness (QED) is 0.0959. The van der Waals surface area contributed by atoms with Crippen LogP contribution in [0.5, 0.6) is 0 Å². The lowest BCUT2D eigenvalue weighted by Gasteiger charge is -2.27. The Hall–Kier alpha value is -3.31. The van der Waals surface area contributed by atoms with Crippen molar-refractivity contribution in [2.75, 3.05) is 13.2 Å². The average molecular weight is 626 g/mol. The molecule has 1 rings (SSSR count). The summed E-state index contributed by atoms with van der Waals surface area (Å²) in [6, 6.07) is -2.91. The number of ether oxygens (including phenoxy) is 4. The van der Waals surface area contributed by atoms with Crippen molar-refractivity contribution in [1.29, 1.82) is 0 Å². The fraction of sp³-hybridized carbons (Fsp3) is 0.781. The van der Waals surface area contributed by atoms with E-state index in [2.05, 4.69) is 22.5 Å². The third-order valence-corrected chi connectivity index (χ3v) is 6.50. The van der Waals surface area contributed by atoms with Crippen molar-refractivity contribution in [3.05, 3.63) is 12.7 Å². The molecule has 0 saturated heterocycles. The van der Waals surface area contributed by atoms with Crippen LogP contribution in [0.15, 0.2) is 12.7 Å². The molecular formula is C32H55N3O9. The van der Waals surface area contributed by atoms with Gasteiger partial charge in [-0.2, -0.15) is 0 Å². The van der Waals surface area contributed by atoms with E-state index in [9.17, 15) is 24.0 Å². The Balaban J connectivity index is 2.91. The summed E-state index contributed by atoms with van der Waals surface area (Å²) in [7, 11) is 0. The summed E-state index contributed by atoms with van der Waals surface area (Å²) >= 11 is 0. The maximum atomic E-state index is 13.3. The SMILES string of the molecule is C=CCOC(=O)NCCCC[C@H](NC(=O)N[C@@H](CCC(=O)OC(C)(C)C)C(=O)OC(C)(C)C)C(=O)OC1CCCCCCC1. The van der Waals surface area contributed by atoms with Crippen LogP contribution in [0.25, 0.3) is 0 Å². The van der Waals surface area contributed by atoms with E-state index >= 15 is 0 Å². The first-order valence-corrected chi connectivity index (χ1v) is 15.8. The predicted molar refractivity (Wildman–Crippen MR) is 166 cm³/mol. The molecule has 1 aliphatic rings. The fourth-order valence-electron chi connectivity index (χ4n) is 4.52. The number of nitrogens with one attached hydrogen (secondary N) is 3. The summed E-state index contributed by atoms with van der Waals surface area (Å²) in [5, 5.41) is 7.86. The highest BCUT2D eigenvalue weighted by Crippen LogP contribution is 2.20. The van der Waals surface area contributed by atoms with E-state index < -0.39 is 53.3 Å². The number of alkyl carbamates (subject to hydrolysis) is 1. The Labute approximate surface area is 262 Å². The van der Waals surface area contributed by atoms with Gasteiger partial charge in [-0.25, -0.2) is 19.2 Å². The summed E-state index contributed by atoms with van der Waals surface area (Å²) in [4.78, 5) is 63.3. The molecule has 0 unspecified atom stereocenters. The maximum absolute atomic E-state index is 13.3. The highest BCUT2D eigenvalue weighted by Gasteiger charge is 2.31. The third-order valence-electron chi connectivity index (χ3n) is 6.50. The van der Waals surface area contributed by atoms with Crippen molar-refractivity contribution in [3.8, 4) is 0 Å². The van der Waals surface area contributed by atoms with Gasteiger partial charge in [-0.1, -0.05) is 31.9 Å². The molecule has 0 aromatic rings. The molecule has 1 fully saturated rings. The van der Waals surface area contributed by atoms with Crippen LogP contribution in [0.2, 0.25) is 0 Å². The summed E-state index contributed by atoms with van der Waals surface area (Å²) in [6.45, 7) is 14.2. The lowest BCUT2D eigenvalue weighted by atomic mass is 9.98. The molecule has 1 aliphatic carbocycles. The van der Waals surface area contributed by atoms with Crippen LogP contribution in [0.4, 0.5) is 9.59 Å². The first-order valence-electron chi connectivity index (χ1n) is 15.8. The van der Waals surface area contributed by atoms with Crippen LogP contribution < -0.4 is 16.0 Å². The van der Waals surface area contributed by atoms with E-state index in [1.807, 2.05) is 0 Å². The van der Waals surface area contributed by atoms with Gasteiger partial charge in [-0.05, 0) is 92.9 Å². The van der Waals surface area contributed by atoms with Crippen molar-refractivity contribution < 1.29 is 42.9 Å². The van der Waals surface area contributed by atoms with Gasteiger partial charge >= 0.3 is 30.0 Å². The smallest absolute Gasteiger partial charge is 0.407 e. The monoisotopic (exact) mass is 625 g/mol. The molecule has 3 N–H and O–H groups in total. The minimum absolute atomic E-state index is 0.0535. The molecule has 0 heterocycles. The van der Waals surface area contributed by atoms with Crippen molar-refractivity contribution in [1.82, 2.24) is 16.0 Å². The van der Waals surface area contributed by atoms with E-state index in [1.54, 1.807) is 41.5 Å². The van der Waals surface area contributed by atoms with Gasteiger partial charge in [0.25, 0.3) is 0 Å². The second-order valence-electron chi connectivity index (χ2n) is 13.1. The summed E-state index contributed by atoms with van der Waals surface area (Å²) in [6.07, 6.45) is 8.60. The molecule has 3 amide bonds. The zero-order valence-corrected chi connectivity index (χ0v) is 27.6. The molecule has 0 aromatic heterocycles. The predicted octanol–water partition coefficient (Wildman–Crippen LogP) is 5.23. The second kappa shape index (κ2) is 19.9. The van der Waals surface area contributed by atoms with E-state index in [0.717, 1.165) is 38.5 Å². The van der Waals surface area contributed by atoms with Gasteiger partial charge in [-0.15, -0.1) is 0 Å². The molecular weight excluding hydrogens is 570 g/mol. The largest absolute Gasteiger partial charge is 0.461 e. The molecule has 1 saturated carbocycles. The molecule has 44 heavy (non-hydrogen) atoms. The zero-order valence-electron chi connectivity index (χ0n) is 27.6. The Morgan fingerprint density at radius 2 is 1.36 bits per heavy atom. The van der Waals surface area contributed by atoms with Crippen LogP contribution in [-0.2, 0) is 33.3 Å². The van der Waals surface area contributed by atoms with Gasteiger partial charge in [0.2, 0.25) is 0 Å². The van der Waals surface area contributed by atoms with Crippen molar-refractivity contribution in [2.24, 2.45) is 0 Å². The lowest BCUT2D eigenvalue weighted by Crippen LogP contribution is -2.52. The number of hydrogen-bond donors (Lipinski definition) is 3. The summed E-state index contributed by atoms with van der Waals surface area (Å²) < 4.78 is 21.5. The maximum Gasteiger partial charge on any atom is 0.407 e. The molecule has 0 radical (unpaired) electrons. The average Bonchev–Trinajstić information content (AvgIpc) is 2.88. The van der Waals surface area contributed by atoms with E-state index in [0.29, 0.717) is 19.4 Å². The molecule has 0 bridgehead atoms. The number of carbonyl (C=O) groups excluding carboxylic acids is 5. The van der Waals surface area contributed by atoms with E-state index in [1.165, 1.54) is 12.5 Å². The summed E-state index contributed by atoms with van der Waals surface area (Å²) in [5.74, 6) is -1.78. The Morgan fingerprint density at radius 1 is 0.795 bits per heavy atom. The molecule has 252 valence electrons. The minimum atomic E-state index is -1.16. The van der Waals surface area contributed by atoms with Crippen molar-refractivity contribution >= 4 is 30.0 Å². The minimum Gasteiger partial charge on any atom is -0.461 e. The standard InChI is InChI=1S/C32H55N3O9/c1-8-22-41-30(40)33-21-15-14-18-24(27(37)42-23-16-12-10-9-11-13-17-23)34-29(39)35-25(28(38)44-32(5,6)7)19-20-26(36)43-31(2,3)4/h8,23-25H,1,9-22H2,2-7H3,(H,33,40)(H2,34,35,39)/t24-,25-/m0/s1. The second-order valence-corrected chi connectivity index (χ2v) is 13.1. The lowest BCUT2D eigenvalue weighted by molar-refractivity contribution is -0.158. The number of hydrogen-bond acceptors (Lipinski definition) is 9. The molecule has 0 spiro atoms. The van der Waals surface area contributed by atoms with Gasteiger partial charge in [0.1, 0.15) is 36.0 Å². The Morgan fingerprint density at radius 3 is 1.93 bits per heavy atom. The van der Waals surface area contributed by atoms with Gasteiger partial charge in [0.05, 0.1) is 0 Å². The molecule has 12 heteroatoms. The van der Waals surface area contributed by atoms with E-state index in [-0.39, 0.29) is 32.0 Å². The number of urea groups is 1. The topological polar surface area (TPSA) is 158 Å². The van der Waals surface area contributed by atoms with E-state index in [4.69, 9.17) is 18.9 Å². The van der Waals surface area contributed by atoms with Crippen LogP contribution in [-0.4, -0.2) is 72.6 Å². The Bertz CT molecular complexity index is 932. The van der Waals surface area contributed by atoms with Gasteiger partial charge in [0, 0.05) is 13.0 Å². The highest BCUT2D eigenvalue weighted by atomic mass is 16.6. The first-order chi connectivity index (χ1) is 20.6. The molecule has 0 aromatic carbocycles. The van der Waals surface area contributed by atoms with Crippen LogP contribution in [0.1, 0.15) is 119 Å². The Kier molecular flexibility index (Phi) is 17.5. The van der Waals surface area contributed by atoms with Gasteiger partial charge in [0.15, 0.2) is 0 Å². The molecule has 12 nitrogen and oxygen atoms in total. The number of carbonyl (C=O) groups is 5. The van der Waals surface area contributed by atoms with Gasteiger partial charge < -0.3 is 34.9 Å². The number of rotatable bonds is 15. The summed E-state index contributed by atoms with van der Waals surface area (Å²) in [5.41, 5.74) is -1.52. The van der Waals surface area contributed by atoms with Crippen molar-refractivity contribution in [3.63, 3.8) is 0 Å². The zero-order chi connectivity index (χ0) is 33.2. The van der Waals surface area contributed by atoms with Crippen LogP contribution in [0.3, 0.4) is 0 Å². The first kappa shape index (κ1) is 38.7. The number of amides is 3. The number of esters is 3.